The zero-order chi connectivity index (χ0) is 25.2. The van der Waals surface area contributed by atoms with E-state index in [0.717, 1.165) is 40.4 Å². The van der Waals surface area contributed by atoms with Crippen molar-refractivity contribution in [2.45, 2.75) is 25.8 Å². The second-order valence-electron chi connectivity index (χ2n) is 8.80. The summed E-state index contributed by atoms with van der Waals surface area (Å²) in [6, 6.07) is 11.4. The van der Waals surface area contributed by atoms with Crippen LogP contribution in [-0.4, -0.2) is 23.0 Å². The van der Waals surface area contributed by atoms with E-state index in [1.807, 2.05) is 18.2 Å². The first kappa shape index (κ1) is 23.7. The van der Waals surface area contributed by atoms with E-state index in [-0.39, 0.29) is 29.8 Å². The van der Waals surface area contributed by atoms with Gasteiger partial charge in [0.05, 0.1) is 7.11 Å². The number of hydrogen-bond acceptors (Lipinski definition) is 3. The number of pyridine rings is 1. The number of benzene rings is 2. The highest BCUT2D eigenvalue weighted by molar-refractivity contribution is 5.96. The normalized spacial score (nSPS) is 15.6. The number of aromatic amines is 1. The molecule has 1 unspecified atom stereocenters. The molecule has 0 spiro atoms. The molecule has 0 bridgehead atoms. The number of hydrogen-bond donors (Lipinski definition) is 2. The first-order valence-electron chi connectivity index (χ1n) is 11.7. The van der Waals surface area contributed by atoms with Gasteiger partial charge in [-0.15, -0.1) is 0 Å². The van der Waals surface area contributed by atoms with Crippen molar-refractivity contribution >= 4 is 22.5 Å². The predicted molar refractivity (Wildman–Crippen MR) is 132 cm³/mol. The molecule has 0 fully saturated rings. The van der Waals surface area contributed by atoms with Gasteiger partial charge in [-0.1, -0.05) is 6.08 Å². The first-order valence-corrected chi connectivity index (χ1v) is 11.7. The zero-order valence-electron chi connectivity index (χ0n) is 19.6. The second kappa shape index (κ2) is 9.89. The Morgan fingerprint density at radius 3 is 2.67 bits per heavy atom. The van der Waals surface area contributed by atoms with Crippen LogP contribution in [0.2, 0.25) is 0 Å². The molecule has 0 radical (unpaired) electrons. The van der Waals surface area contributed by atoms with Gasteiger partial charge in [0.15, 0.2) is 0 Å². The summed E-state index contributed by atoms with van der Waals surface area (Å²) in [6.07, 6.45) is 5.50. The maximum Gasteiger partial charge on any atom is 0.223 e. The quantitative estimate of drug-likeness (QED) is 0.340. The van der Waals surface area contributed by atoms with E-state index in [1.165, 1.54) is 12.1 Å². The Balaban J connectivity index is 1.33. The van der Waals surface area contributed by atoms with Crippen molar-refractivity contribution < 1.29 is 22.7 Å². The van der Waals surface area contributed by atoms with Crippen LogP contribution in [0.1, 0.15) is 30.5 Å². The van der Waals surface area contributed by atoms with Crippen LogP contribution >= 0.6 is 0 Å². The smallest absolute Gasteiger partial charge is 0.223 e. The maximum atomic E-state index is 14.0. The van der Waals surface area contributed by atoms with Crippen LogP contribution in [0.5, 0.6) is 5.75 Å². The van der Waals surface area contributed by atoms with Gasteiger partial charge in [-0.05, 0) is 78.9 Å². The van der Waals surface area contributed by atoms with E-state index in [2.05, 4.69) is 15.3 Å². The number of methoxy groups -OCH3 is 1. The summed E-state index contributed by atoms with van der Waals surface area (Å²) in [5, 5.41) is 3.56. The van der Waals surface area contributed by atoms with Crippen molar-refractivity contribution in [2.75, 3.05) is 7.11 Å². The lowest BCUT2D eigenvalue weighted by atomic mass is 9.87. The van der Waals surface area contributed by atoms with Gasteiger partial charge in [0, 0.05) is 40.9 Å². The van der Waals surface area contributed by atoms with Crippen LogP contribution in [0.15, 0.2) is 60.8 Å². The van der Waals surface area contributed by atoms with Gasteiger partial charge in [-0.3, -0.25) is 4.79 Å². The number of allylic oxidation sites excluding steroid dienone is 2. The molecule has 0 saturated carbocycles. The summed E-state index contributed by atoms with van der Waals surface area (Å²) in [5.41, 5.74) is 4.18. The molecule has 1 amide bonds. The summed E-state index contributed by atoms with van der Waals surface area (Å²) >= 11 is 0. The van der Waals surface area contributed by atoms with Crippen molar-refractivity contribution in [3.8, 4) is 16.9 Å². The highest BCUT2D eigenvalue weighted by atomic mass is 19.1. The number of carbonyl (C=O) groups is 1. The minimum Gasteiger partial charge on any atom is -0.496 e. The van der Waals surface area contributed by atoms with Crippen LogP contribution in [0.3, 0.4) is 0 Å². The van der Waals surface area contributed by atoms with E-state index in [1.54, 1.807) is 19.4 Å². The molecule has 36 heavy (non-hydrogen) atoms. The fourth-order valence-electron chi connectivity index (χ4n) is 4.65. The van der Waals surface area contributed by atoms with Gasteiger partial charge in [0.1, 0.15) is 28.8 Å². The third-order valence-electron chi connectivity index (χ3n) is 6.57. The average molecular weight is 492 g/mol. The molecule has 5 rings (SSSR count). The van der Waals surface area contributed by atoms with Gasteiger partial charge >= 0.3 is 0 Å². The second-order valence-corrected chi connectivity index (χ2v) is 8.80. The minimum atomic E-state index is -0.551. The number of aromatic nitrogens is 2. The number of nitrogens with one attached hydrogen (secondary N) is 2. The molecular formula is C28H24F3N3O2. The molecule has 0 aliphatic heterocycles. The Labute approximate surface area is 206 Å². The third kappa shape index (κ3) is 4.71. The molecule has 5 nitrogen and oxygen atoms in total. The van der Waals surface area contributed by atoms with E-state index >= 15 is 0 Å². The summed E-state index contributed by atoms with van der Waals surface area (Å²) in [6.45, 7) is -0.0600. The summed E-state index contributed by atoms with van der Waals surface area (Å²) < 4.78 is 46.6. The lowest BCUT2D eigenvalue weighted by molar-refractivity contribution is -0.125. The van der Waals surface area contributed by atoms with Gasteiger partial charge in [0.2, 0.25) is 5.91 Å². The zero-order valence-corrected chi connectivity index (χ0v) is 19.6. The molecule has 1 atom stereocenters. The Morgan fingerprint density at radius 2 is 1.89 bits per heavy atom. The number of nitrogens with zero attached hydrogens (tertiary/aromatic N) is 1. The number of rotatable bonds is 6. The lowest BCUT2D eigenvalue weighted by Gasteiger charge is -2.21. The third-order valence-corrected chi connectivity index (χ3v) is 6.57. The number of H-pyrrole nitrogens is 1. The summed E-state index contributed by atoms with van der Waals surface area (Å²) in [7, 11) is 1.55. The van der Waals surface area contributed by atoms with E-state index in [0.29, 0.717) is 36.2 Å². The highest BCUT2D eigenvalue weighted by Gasteiger charge is 2.23. The number of fused-ring (bicyclic) bond motifs is 1. The fraction of sp³-hybridized carbons (Fsp3) is 0.214. The van der Waals surface area contributed by atoms with Crippen LogP contribution in [-0.2, 0) is 11.3 Å². The highest BCUT2D eigenvalue weighted by Crippen LogP contribution is 2.37. The largest absolute Gasteiger partial charge is 0.496 e. The van der Waals surface area contributed by atoms with Crippen LogP contribution < -0.4 is 10.1 Å². The van der Waals surface area contributed by atoms with Crippen LogP contribution in [0.4, 0.5) is 13.2 Å². The van der Waals surface area contributed by atoms with Crippen LogP contribution in [0, 0.1) is 23.4 Å². The van der Waals surface area contributed by atoms with Gasteiger partial charge in [-0.2, -0.15) is 0 Å². The average Bonchev–Trinajstić information content (AvgIpc) is 3.34. The number of carbonyl (C=O) groups excluding carboxylic acids is 1. The summed E-state index contributed by atoms with van der Waals surface area (Å²) in [4.78, 5) is 20.4. The van der Waals surface area contributed by atoms with Crippen molar-refractivity contribution in [2.24, 2.45) is 5.92 Å². The van der Waals surface area contributed by atoms with Crippen molar-refractivity contribution in [1.29, 1.82) is 0 Å². The standard InChI is InChI=1S/C28H24F3N3O2/c1-36-26-9-7-20(30)13-22(26)21-10-11-32-27-23(21)14-25(34-27)16-2-4-17(5-3-16)28(35)33-15-18-12-19(29)6-8-24(18)31/h2,6-14,17H,3-5,15H2,1H3,(H,32,34)(H,33,35). The summed E-state index contributed by atoms with van der Waals surface area (Å²) in [5.74, 6) is -1.32. The molecule has 8 heteroatoms. The Kier molecular flexibility index (Phi) is 6.50. The molecule has 2 N–H and O–H groups in total. The first-order chi connectivity index (χ1) is 17.4. The molecule has 2 heterocycles. The van der Waals surface area contributed by atoms with Crippen LogP contribution in [0.25, 0.3) is 27.7 Å². The molecule has 0 saturated heterocycles. The Morgan fingerprint density at radius 1 is 1.08 bits per heavy atom. The van der Waals surface area contributed by atoms with Gasteiger partial charge < -0.3 is 15.0 Å². The SMILES string of the molecule is COc1ccc(F)cc1-c1ccnc2[nH]c(C3=CCC(C(=O)NCc4cc(F)ccc4F)CC3)cc12. The molecular weight excluding hydrogens is 467 g/mol. The molecule has 184 valence electrons. The fourth-order valence-corrected chi connectivity index (χ4v) is 4.65. The molecule has 1 aliphatic rings. The molecule has 1 aliphatic carbocycles. The Hall–Kier alpha value is -4.07. The van der Waals surface area contributed by atoms with Gasteiger partial charge in [-0.25, -0.2) is 18.2 Å². The van der Waals surface area contributed by atoms with Crippen molar-refractivity contribution in [3.63, 3.8) is 0 Å². The van der Waals surface area contributed by atoms with Gasteiger partial charge in [0.25, 0.3) is 0 Å². The van der Waals surface area contributed by atoms with E-state index in [9.17, 15) is 18.0 Å². The Bertz CT molecular complexity index is 1480. The number of halogens is 3. The van der Waals surface area contributed by atoms with E-state index in [4.69, 9.17) is 4.74 Å². The van der Waals surface area contributed by atoms with Crippen molar-refractivity contribution in [1.82, 2.24) is 15.3 Å². The molecule has 2 aromatic heterocycles. The number of amides is 1. The predicted octanol–water partition coefficient (Wildman–Crippen LogP) is 6.16. The minimum absolute atomic E-state index is 0.0600. The van der Waals surface area contributed by atoms with E-state index < -0.39 is 11.6 Å². The molecule has 2 aromatic carbocycles. The number of ether oxygens (including phenoxy) is 1. The molecule has 4 aromatic rings. The lowest BCUT2D eigenvalue weighted by Crippen LogP contribution is -2.31. The monoisotopic (exact) mass is 491 g/mol. The topological polar surface area (TPSA) is 67.0 Å². The maximum absolute atomic E-state index is 14.0. The van der Waals surface area contributed by atoms with Crippen molar-refractivity contribution in [3.05, 3.63) is 89.5 Å².